The Morgan fingerprint density at radius 1 is 1.36 bits per heavy atom. The molecule has 0 aliphatic carbocycles. The van der Waals surface area contributed by atoms with Gasteiger partial charge in [0.05, 0.1) is 0 Å². The molecule has 0 bridgehead atoms. The van der Waals surface area contributed by atoms with E-state index in [1.807, 2.05) is 0 Å². The molecule has 0 atom stereocenters. The summed E-state index contributed by atoms with van der Waals surface area (Å²) in [5.74, 6) is 0. The Morgan fingerprint density at radius 3 is 3.00 bits per heavy atom. The molecule has 0 saturated carbocycles. The quantitative estimate of drug-likeness (QED) is 0.421. The molecule has 7 heteroatoms. The number of nitrogens with zero attached hydrogens (tertiary/aromatic N) is 5. The van der Waals surface area contributed by atoms with Crippen molar-refractivity contribution in [3.63, 3.8) is 0 Å². The third-order valence-corrected chi connectivity index (χ3v) is 1.29. The first-order valence-electron chi connectivity index (χ1n) is 2.61. The SMILES string of the molecule is Sc1ccc2nnnn2n1.[NaH]. The van der Waals surface area contributed by atoms with E-state index >= 15 is 0 Å². The van der Waals surface area contributed by atoms with Gasteiger partial charge in [-0.1, -0.05) is 0 Å². The van der Waals surface area contributed by atoms with E-state index in [-0.39, 0.29) is 29.6 Å². The van der Waals surface area contributed by atoms with Crippen LogP contribution in [0.1, 0.15) is 0 Å². The van der Waals surface area contributed by atoms with Gasteiger partial charge >= 0.3 is 29.6 Å². The molecule has 0 aliphatic heterocycles. The second-order valence-corrected chi connectivity index (χ2v) is 2.18. The molecule has 0 saturated heterocycles. The predicted molar refractivity (Wildman–Crippen MR) is 43.0 cm³/mol. The number of tetrazole rings is 1. The maximum atomic E-state index is 4.01. The van der Waals surface area contributed by atoms with Gasteiger partial charge in [0.1, 0.15) is 5.03 Å². The van der Waals surface area contributed by atoms with Crippen molar-refractivity contribution in [3.05, 3.63) is 12.1 Å². The van der Waals surface area contributed by atoms with E-state index < -0.39 is 0 Å². The molecule has 5 nitrogen and oxygen atoms in total. The van der Waals surface area contributed by atoms with Crippen LogP contribution >= 0.6 is 12.6 Å². The van der Waals surface area contributed by atoms with Gasteiger partial charge in [-0.25, -0.2) is 0 Å². The monoisotopic (exact) mass is 177 g/mol. The van der Waals surface area contributed by atoms with Gasteiger partial charge in [0, 0.05) is 0 Å². The topological polar surface area (TPSA) is 56.0 Å². The van der Waals surface area contributed by atoms with Gasteiger partial charge in [-0.2, -0.15) is 0 Å². The molecule has 2 heterocycles. The van der Waals surface area contributed by atoms with Crippen molar-refractivity contribution in [1.29, 1.82) is 0 Å². The number of rotatable bonds is 0. The van der Waals surface area contributed by atoms with E-state index in [0.717, 1.165) is 0 Å². The van der Waals surface area contributed by atoms with Crippen molar-refractivity contribution in [2.24, 2.45) is 0 Å². The minimum absolute atomic E-state index is 0. The second kappa shape index (κ2) is 3.48. The Labute approximate surface area is 89.9 Å². The fraction of sp³-hybridized carbons (Fsp3) is 0. The van der Waals surface area contributed by atoms with E-state index in [9.17, 15) is 0 Å². The zero-order valence-electron chi connectivity index (χ0n) is 4.84. The number of hydrogen-bond donors (Lipinski definition) is 1. The van der Waals surface area contributed by atoms with Crippen LogP contribution in [0, 0.1) is 0 Å². The van der Waals surface area contributed by atoms with E-state index in [4.69, 9.17) is 0 Å². The fourth-order valence-electron chi connectivity index (χ4n) is 0.640. The number of fused-ring (bicyclic) bond motifs is 1. The van der Waals surface area contributed by atoms with E-state index in [2.05, 4.69) is 33.3 Å². The molecule has 52 valence electrons. The molecule has 0 amide bonds. The normalized spacial score (nSPS) is 9.55. The van der Waals surface area contributed by atoms with Crippen molar-refractivity contribution in [3.8, 4) is 0 Å². The van der Waals surface area contributed by atoms with Crippen molar-refractivity contribution in [1.82, 2.24) is 25.3 Å². The zero-order chi connectivity index (χ0) is 6.97. The summed E-state index contributed by atoms with van der Waals surface area (Å²) < 4.78 is 1.32. The van der Waals surface area contributed by atoms with Crippen LogP contribution in [0.3, 0.4) is 0 Å². The summed E-state index contributed by atoms with van der Waals surface area (Å²) in [7, 11) is 0. The summed E-state index contributed by atoms with van der Waals surface area (Å²) in [4.78, 5) is 0. The van der Waals surface area contributed by atoms with Crippen molar-refractivity contribution >= 4 is 47.8 Å². The first-order valence-corrected chi connectivity index (χ1v) is 3.05. The Hall–Kier alpha value is -0.170. The van der Waals surface area contributed by atoms with Gasteiger partial charge in [0.2, 0.25) is 0 Å². The molecule has 2 rings (SSSR count). The first-order chi connectivity index (χ1) is 4.86. The van der Waals surface area contributed by atoms with E-state index in [1.54, 1.807) is 12.1 Å². The van der Waals surface area contributed by atoms with Gasteiger partial charge in [-0.05, 0) is 22.6 Å². The van der Waals surface area contributed by atoms with Crippen LogP contribution in [-0.2, 0) is 0 Å². The average molecular weight is 177 g/mol. The van der Waals surface area contributed by atoms with Crippen molar-refractivity contribution < 1.29 is 0 Å². The fourth-order valence-corrected chi connectivity index (χ4v) is 0.799. The Kier molecular flexibility index (Phi) is 2.83. The molecule has 2 aromatic heterocycles. The van der Waals surface area contributed by atoms with Gasteiger partial charge < -0.3 is 0 Å². The summed E-state index contributed by atoms with van der Waals surface area (Å²) in [6, 6.07) is 3.48. The van der Waals surface area contributed by atoms with Crippen molar-refractivity contribution in [2.45, 2.75) is 5.03 Å². The van der Waals surface area contributed by atoms with Gasteiger partial charge in [0.15, 0.2) is 5.65 Å². The number of thiol groups is 1. The van der Waals surface area contributed by atoms with Crippen LogP contribution in [0.5, 0.6) is 0 Å². The molecule has 0 fully saturated rings. The molecular weight excluding hydrogens is 173 g/mol. The minimum atomic E-state index is 0. The molecule has 0 unspecified atom stereocenters. The molecule has 11 heavy (non-hydrogen) atoms. The molecule has 0 aliphatic rings. The Balaban J connectivity index is 0.000000605. The Morgan fingerprint density at radius 2 is 2.18 bits per heavy atom. The summed E-state index contributed by atoms with van der Waals surface area (Å²) in [6.45, 7) is 0. The maximum absolute atomic E-state index is 4.01. The van der Waals surface area contributed by atoms with Crippen LogP contribution in [0.15, 0.2) is 17.2 Å². The summed E-state index contributed by atoms with van der Waals surface area (Å²) in [5.41, 5.74) is 0.623. The first kappa shape index (κ1) is 8.92. The summed E-state index contributed by atoms with van der Waals surface area (Å²) in [6.07, 6.45) is 0. The molecule has 2 aromatic rings. The average Bonchev–Trinajstić information content (AvgIpc) is 2.33. The molecule has 0 radical (unpaired) electrons. The third kappa shape index (κ3) is 1.70. The summed E-state index contributed by atoms with van der Waals surface area (Å²) in [5, 5.41) is 15.1. The molecule has 0 aromatic carbocycles. The molecular formula is C4H4N5NaS. The van der Waals surface area contributed by atoms with Crippen LogP contribution in [0.2, 0.25) is 0 Å². The Bertz CT molecular complexity index is 360. The molecule has 0 N–H and O–H groups in total. The van der Waals surface area contributed by atoms with Gasteiger partial charge in [0.25, 0.3) is 0 Å². The molecule has 0 spiro atoms. The number of hydrogen-bond acceptors (Lipinski definition) is 5. The summed E-state index contributed by atoms with van der Waals surface area (Å²) >= 11 is 4.01. The zero-order valence-corrected chi connectivity index (χ0v) is 5.73. The standard InChI is InChI=1S/C4H3N5S.Na.H/c10-4-2-1-3-5-7-8-9(3)6-4;;/h1-2H,(H,6,10);;. The third-order valence-electron chi connectivity index (χ3n) is 1.06. The van der Waals surface area contributed by atoms with Gasteiger partial charge in [-0.15, -0.1) is 27.5 Å². The second-order valence-electron chi connectivity index (χ2n) is 1.72. The van der Waals surface area contributed by atoms with Crippen LogP contribution < -0.4 is 0 Å². The van der Waals surface area contributed by atoms with Crippen LogP contribution in [0.25, 0.3) is 5.65 Å². The predicted octanol–water partition coefficient (Wildman–Crippen LogP) is -0.841. The van der Waals surface area contributed by atoms with Crippen LogP contribution in [0.4, 0.5) is 0 Å². The van der Waals surface area contributed by atoms with E-state index in [1.165, 1.54) is 4.63 Å². The van der Waals surface area contributed by atoms with Crippen molar-refractivity contribution in [2.75, 3.05) is 0 Å². The van der Waals surface area contributed by atoms with E-state index in [0.29, 0.717) is 10.7 Å². The van der Waals surface area contributed by atoms with Gasteiger partial charge in [-0.3, -0.25) is 0 Å². The van der Waals surface area contributed by atoms with Crippen LogP contribution in [-0.4, -0.2) is 54.8 Å². The number of aromatic nitrogens is 5.